The Hall–Kier alpha value is -1.53. The summed E-state index contributed by atoms with van der Waals surface area (Å²) in [6.45, 7) is 3.41. The lowest BCUT2D eigenvalue weighted by Gasteiger charge is -2.40. The lowest BCUT2D eigenvalue weighted by molar-refractivity contribution is -0.0384. The van der Waals surface area contributed by atoms with E-state index in [0.717, 1.165) is 19.3 Å². The lowest BCUT2D eigenvalue weighted by Crippen LogP contribution is -2.53. The molecule has 3 unspecified atom stereocenters. The predicted octanol–water partition coefficient (Wildman–Crippen LogP) is 0.787. The Morgan fingerprint density at radius 1 is 1.48 bits per heavy atom. The van der Waals surface area contributed by atoms with Gasteiger partial charge in [0, 0.05) is 18.7 Å². The van der Waals surface area contributed by atoms with E-state index < -0.39 is 0 Å². The zero-order chi connectivity index (χ0) is 14.8. The largest absolute Gasteiger partial charge is 0.393 e. The molecule has 2 fully saturated rings. The first-order chi connectivity index (χ1) is 10.2. The second-order valence-electron chi connectivity index (χ2n) is 5.82. The fourth-order valence-electron chi connectivity index (χ4n) is 3.40. The molecule has 1 saturated carbocycles. The number of aliphatic hydroxyl groups is 1. The molecule has 0 radical (unpaired) electrons. The first kappa shape index (κ1) is 14.4. The van der Waals surface area contributed by atoms with Crippen molar-refractivity contribution in [2.24, 2.45) is 5.92 Å². The van der Waals surface area contributed by atoms with Gasteiger partial charge in [0.1, 0.15) is 6.33 Å². The summed E-state index contributed by atoms with van der Waals surface area (Å²) in [6, 6.07) is -0.0524. The van der Waals surface area contributed by atoms with Gasteiger partial charge in [0.15, 0.2) is 0 Å². The Kier molecular flexibility index (Phi) is 4.17. The van der Waals surface area contributed by atoms with Gasteiger partial charge in [-0.05, 0) is 19.8 Å². The second-order valence-corrected chi connectivity index (χ2v) is 5.82. The van der Waals surface area contributed by atoms with Gasteiger partial charge in [-0.25, -0.2) is 9.97 Å². The smallest absolute Gasteiger partial charge is 0.257 e. The normalized spacial score (nSPS) is 29.6. The number of hydrogen-bond donors (Lipinski definition) is 1. The van der Waals surface area contributed by atoms with E-state index in [-0.39, 0.29) is 24.0 Å². The van der Waals surface area contributed by atoms with Crippen LogP contribution >= 0.6 is 0 Å². The number of aromatic nitrogens is 2. The highest BCUT2D eigenvalue weighted by Gasteiger charge is 2.40. The molecule has 6 nitrogen and oxygen atoms in total. The standard InChI is InChI=1S/C15H21N3O3/c1-10-12(7-16-9-17-10)15(20)18-5-6-21-8-13(18)11-3-2-4-14(11)19/h7,9,11,13-14,19H,2-6,8H2,1H3. The molecule has 1 amide bonds. The molecule has 6 heteroatoms. The molecule has 1 aliphatic heterocycles. The lowest BCUT2D eigenvalue weighted by atomic mass is 9.93. The number of carbonyl (C=O) groups excluding carboxylic acids is 1. The minimum absolute atomic E-state index is 0.0524. The first-order valence-corrected chi connectivity index (χ1v) is 7.52. The van der Waals surface area contributed by atoms with Crippen molar-refractivity contribution < 1.29 is 14.6 Å². The van der Waals surface area contributed by atoms with Crippen LogP contribution in [0.15, 0.2) is 12.5 Å². The van der Waals surface area contributed by atoms with Crippen LogP contribution in [0.2, 0.25) is 0 Å². The van der Waals surface area contributed by atoms with Crippen molar-refractivity contribution in [3.63, 3.8) is 0 Å². The van der Waals surface area contributed by atoms with Gasteiger partial charge in [-0.3, -0.25) is 4.79 Å². The molecule has 3 rings (SSSR count). The van der Waals surface area contributed by atoms with Crippen molar-refractivity contribution in [2.45, 2.75) is 38.3 Å². The van der Waals surface area contributed by atoms with E-state index in [2.05, 4.69) is 9.97 Å². The van der Waals surface area contributed by atoms with Gasteiger partial charge in [0.2, 0.25) is 0 Å². The highest BCUT2D eigenvalue weighted by atomic mass is 16.5. The number of ether oxygens (including phenoxy) is 1. The van der Waals surface area contributed by atoms with Crippen molar-refractivity contribution in [1.29, 1.82) is 0 Å². The molecule has 114 valence electrons. The third-order valence-corrected chi connectivity index (χ3v) is 4.59. The van der Waals surface area contributed by atoms with Crippen LogP contribution in [0.5, 0.6) is 0 Å². The average molecular weight is 291 g/mol. The minimum Gasteiger partial charge on any atom is -0.393 e. The maximum atomic E-state index is 12.8. The summed E-state index contributed by atoms with van der Waals surface area (Å²) < 4.78 is 5.55. The molecule has 1 N–H and O–H groups in total. The summed E-state index contributed by atoms with van der Waals surface area (Å²) in [5.41, 5.74) is 1.23. The van der Waals surface area contributed by atoms with Crippen LogP contribution in [0.3, 0.4) is 0 Å². The van der Waals surface area contributed by atoms with E-state index in [1.807, 2.05) is 11.8 Å². The summed E-state index contributed by atoms with van der Waals surface area (Å²) in [5, 5.41) is 10.1. The van der Waals surface area contributed by atoms with Crippen LogP contribution in [-0.2, 0) is 4.74 Å². The van der Waals surface area contributed by atoms with Crippen LogP contribution in [0.4, 0.5) is 0 Å². The topological polar surface area (TPSA) is 75.6 Å². The van der Waals surface area contributed by atoms with E-state index in [4.69, 9.17) is 4.74 Å². The molecule has 1 saturated heterocycles. The number of hydrogen-bond acceptors (Lipinski definition) is 5. The van der Waals surface area contributed by atoms with Gasteiger partial charge in [-0.15, -0.1) is 0 Å². The Morgan fingerprint density at radius 2 is 2.33 bits per heavy atom. The first-order valence-electron chi connectivity index (χ1n) is 7.52. The molecule has 1 aliphatic carbocycles. The van der Waals surface area contributed by atoms with Crippen molar-refractivity contribution in [3.8, 4) is 0 Å². The molecular weight excluding hydrogens is 270 g/mol. The highest BCUT2D eigenvalue weighted by Crippen LogP contribution is 2.32. The van der Waals surface area contributed by atoms with Crippen molar-refractivity contribution in [1.82, 2.24) is 14.9 Å². The van der Waals surface area contributed by atoms with Crippen LogP contribution in [0.1, 0.15) is 35.3 Å². The Balaban J connectivity index is 1.84. The van der Waals surface area contributed by atoms with Gasteiger partial charge < -0.3 is 14.7 Å². The number of amides is 1. The zero-order valence-corrected chi connectivity index (χ0v) is 12.2. The Labute approximate surface area is 124 Å². The molecule has 1 aromatic heterocycles. The van der Waals surface area contributed by atoms with Gasteiger partial charge in [-0.2, -0.15) is 0 Å². The number of morpholine rings is 1. The number of aliphatic hydroxyl groups excluding tert-OH is 1. The third-order valence-electron chi connectivity index (χ3n) is 4.59. The summed E-state index contributed by atoms with van der Waals surface area (Å²) in [6.07, 6.45) is 5.46. The van der Waals surface area contributed by atoms with Gasteiger partial charge >= 0.3 is 0 Å². The molecule has 1 aromatic rings. The fourth-order valence-corrected chi connectivity index (χ4v) is 3.40. The van der Waals surface area contributed by atoms with Crippen molar-refractivity contribution >= 4 is 5.91 Å². The van der Waals surface area contributed by atoms with Gasteiger partial charge in [-0.1, -0.05) is 6.42 Å². The SMILES string of the molecule is Cc1ncncc1C(=O)N1CCOCC1C1CCCC1O. The summed E-state index contributed by atoms with van der Waals surface area (Å²) in [5.74, 6) is 0.0553. The summed E-state index contributed by atoms with van der Waals surface area (Å²) in [7, 11) is 0. The van der Waals surface area contributed by atoms with E-state index in [1.165, 1.54) is 6.33 Å². The second kappa shape index (κ2) is 6.07. The predicted molar refractivity (Wildman–Crippen MR) is 75.8 cm³/mol. The molecule has 3 atom stereocenters. The molecule has 2 aliphatic rings. The number of rotatable bonds is 2. The zero-order valence-electron chi connectivity index (χ0n) is 12.2. The maximum Gasteiger partial charge on any atom is 0.257 e. The summed E-state index contributed by atoms with van der Waals surface area (Å²) in [4.78, 5) is 22.7. The Morgan fingerprint density at radius 3 is 3.05 bits per heavy atom. The van der Waals surface area contributed by atoms with E-state index in [9.17, 15) is 9.90 Å². The van der Waals surface area contributed by atoms with Crippen LogP contribution in [0, 0.1) is 12.8 Å². The monoisotopic (exact) mass is 291 g/mol. The molecular formula is C15H21N3O3. The average Bonchev–Trinajstić information content (AvgIpc) is 2.93. The number of carbonyl (C=O) groups is 1. The number of nitrogens with zero attached hydrogens (tertiary/aromatic N) is 3. The Bertz CT molecular complexity index is 523. The van der Waals surface area contributed by atoms with E-state index in [1.54, 1.807) is 6.20 Å². The van der Waals surface area contributed by atoms with E-state index in [0.29, 0.717) is 31.0 Å². The van der Waals surface area contributed by atoms with Crippen LogP contribution < -0.4 is 0 Å². The maximum absolute atomic E-state index is 12.8. The molecule has 0 bridgehead atoms. The molecule has 0 spiro atoms. The number of aryl methyl sites for hydroxylation is 1. The van der Waals surface area contributed by atoms with Gasteiger partial charge in [0.05, 0.1) is 36.6 Å². The minimum atomic E-state index is -0.333. The molecule has 0 aromatic carbocycles. The van der Waals surface area contributed by atoms with Gasteiger partial charge in [0.25, 0.3) is 5.91 Å². The van der Waals surface area contributed by atoms with Crippen molar-refractivity contribution in [3.05, 3.63) is 23.8 Å². The third kappa shape index (κ3) is 2.78. The highest BCUT2D eigenvalue weighted by molar-refractivity contribution is 5.95. The van der Waals surface area contributed by atoms with Crippen molar-refractivity contribution in [2.75, 3.05) is 19.8 Å². The quantitative estimate of drug-likeness (QED) is 0.872. The van der Waals surface area contributed by atoms with Crippen LogP contribution in [-0.4, -0.2) is 57.8 Å². The van der Waals surface area contributed by atoms with Crippen LogP contribution in [0.25, 0.3) is 0 Å². The molecule has 2 heterocycles. The fraction of sp³-hybridized carbons (Fsp3) is 0.667. The van der Waals surface area contributed by atoms with E-state index >= 15 is 0 Å². The molecule has 21 heavy (non-hydrogen) atoms. The summed E-state index contributed by atoms with van der Waals surface area (Å²) >= 11 is 0.